The molecule has 0 bridgehead atoms. The van der Waals surface area contributed by atoms with Crippen molar-refractivity contribution >= 4 is 5.91 Å². The predicted molar refractivity (Wildman–Crippen MR) is 92.8 cm³/mol. The number of ether oxygens (including phenoxy) is 1. The van der Waals surface area contributed by atoms with Gasteiger partial charge in [-0.05, 0) is 30.4 Å². The van der Waals surface area contributed by atoms with Crippen molar-refractivity contribution < 1.29 is 9.53 Å². The van der Waals surface area contributed by atoms with E-state index < -0.39 is 0 Å². The number of likely N-dealkylation sites (tertiary alicyclic amines) is 1. The van der Waals surface area contributed by atoms with Gasteiger partial charge in [0.2, 0.25) is 0 Å². The summed E-state index contributed by atoms with van der Waals surface area (Å²) in [5.41, 5.74) is 2.70. The Hall–Kier alpha value is -2.14. The number of piperidine rings is 1. The van der Waals surface area contributed by atoms with Gasteiger partial charge in [0.05, 0.1) is 12.7 Å². The Kier molecular flexibility index (Phi) is 5.30. The number of carbonyl (C=O) groups excluding carboxylic acids is 1. The van der Waals surface area contributed by atoms with Crippen LogP contribution in [-0.2, 0) is 11.3 Å². The van der Waals surface area contributed by atoms with Gasteiger partial charge in [0.1, 0.15) is 5.69 Å². The average Bonchev–Trinajstić information content (AvgIpc) is 3.11. The van der Waals surface area contributed by atoms with Gasteiger partial charge in [-0.25, -0.2) is 0 Å². The Morgan fingerprint density at radius 1 is 1.29 bits per heavy atom. The highest BCUT2D eigenvalue weighted by Gasteiger charge is 2.25. The fourth-order valence-corrected chi connectivity index (χ4v) is 2.92. The fraction of sp³-hybridized carbons (Fsp3) is 0.474. The van der Waals surface area contributed by atoms with E-state index in [1.165, 1.54) is 5.56 Å². The molecule has 1 aliphatic heterocycles. The van der Waals surface area contributed by atoms with Crippen molar-refractivity contribution in [3.05, 3.63) is 53.3 Å². The van der Waals surface area contributed by atoms with E-state index in [0.29, 0.717) is 18.2 Å². The molecule has 1 fully saturated rings. The highest BCUT2D eigenvalue weighted by atomic mass is 16.5. The molecule has 5 nitrogen and oxygen atoms in total. The van der Waals surface area contributed by atoms with Crippen LogP contribution in [0.25, 0.3) is 0 Å². The van der Waals surface area contributed by atoms with Crippen LogP contribution < -0.4 is 0 Å². The molecule has 1 amide bonds. The summed E-state index contributed by atoms with van der Waals surface area (Å²) in [7, 11) is 0. The largest absolute Gasteiger partial charge is 0.373 e. The molecule has 0 atom stereocenters. The molecule has 0 saturated carbocycles. The first kappa shape index (κ1) is 16.7. The maximum atomic E-state index is 12.5. The second kappa shape index (κ2) is 7.62. The van der Waals surface area contributed by atoms with Crippen LogP contribution in [0.15, 0.2) is 36.4 Å². The Bertz CT molecular complexity index is 658. The van der Waals surface area contributed by atoms with Gasteiger partial charge in [-0.15, -0.1) is 0 Å². The van der Waals surface area contributed by atoms with Crippen LogP contribution in [-0.4, -0.2) is 40.2 Å². The molecule has 1 N–H and O–H groups in total. The lowest BCUT2D eigenvalue weighted by Crippen LogP contribution is -2.41. The van der Waals surface area contributed by atoms with E-state index in [0.717, 1.165) is 31.6 Å². The van der Waals surface area contributed by atoms with Crippen molar-refractivity contribution in [3.63, 3.8) is 0 Å². The zero-order valence-electron chi connectivity index (χ0n) is 14.4. The van der Waals surface area contributed by atoms with Crippen molar-refractivity contribution in [1.82, 2.24) is 15.1 Å². The molecule has 0 aliphatic carbocycles. The summed E-state index contributed by atoms with van der Waals surface area (Å²) in [5.74, 6) is 0.357. The molecule has 1 saturated heterocycles. The molecule has 0 unspecified atom stereocenters. The second-order valence-corrected chi connectivity index (χ2v) is 6.65. The molecule has 1 aromatic carbocycles. The normalized spacial score (nSPS) is 15.9. The van der Waals surface area contributed by atoms with Crippen LogP contribution in [0.1, 0.15) is 54.4 Å². The number of nitrogens with one attached hydrogen (secondary N) is 1. The molecular formula is C19H25N3O2. The van der Waals surface area contributed by atoms with Gasteiger partial charge in [-0.3, -0.25) is 9.89 Å². The van der Waals surface area contributed by atoms with E-state index in [-0.39, 0.29) is 12.0 Å². The summed E-state index contributed by atoms with van der Waals surface area (Å²) < 4.78 is 5.98. The van der Waals surface area contributed by atoms with Crippen LogP contribution in [0, 0.1) is 0 Å². The lowest BCUT2D eigenvalue weighted by atomic mass is 10.1. The van der Waals surface area contributed by atoms with Gasteiger partial charge >= 0.3 is 0 Å². The zero-order chi connectivity index (χ0) is 16.9. The number of aromatic amines is 1. The number of rotatable bonds is 5. The lowest BCUT2D eigenvalue weighted by Gasteiger charge is -2.31. The minimum atomic E-state index is 0.0136. The maximum absolute atomic E-state index is 12.5. The van der Waals surface area contributed by atoms with Gasteiger partial charge in [-0.2, -0.15) is 5.10 Å². The van der Waals surface area contributed by atoms with E-state index in [1.807, 2.05) is 29.2 Å². The average molecular weight is 327 g/mol. The molecule has 3 rings (SSSR count). The van der Waals surface area contributed by atoms with Crippen LogP contribution in [0.3, 0.4) is 0 Å². The van der Waals surface area contributed by atoms with Crippen LogP contribution in [0.5, 0.6) is 0 Å². The number of H-pyrrole nitrogens is 1. The van der Waals surface area contributed by atoms with Crippen molar-refractivity contribution in [3.8, 4) is 0 Å². The lowest BCUT2D eigenvalue weighted by molar-refractivity contribution is -0.000508. The van der Waals surface area contributed by atoms with Gasteiger partial charge in [0.25, 0.3) is 5.91 Å². The van der Waals surface area contributed by atoms with Crippen LogP contribution in [0.4, 0.5) is 0 Å². The molecule has 128 valence electrons. The van der Waals surface area contributed by atoms with E-state index in [4.69, 9.17) is 4.74 Å². The smallest absolute Gasteiger partial charge is 0.274 e. The zero-order valence-corrected chi connectivity index (χ0v) is 14.4. The third kappa shape index (κ3) is 4.03. The highest BCUT2D eigenvalue weighted by molar-refractivity contribution is 5.92. The summed E-state index contributed by atoms with van der Waals surface area (Å²) in [6.07, 6.45) is 1.97. The van der Waals surface area contributed by atoms with E-state index >= 15 is 0 Å². The molecule has 2 heterocycles. The molecule has 1 aliphatic rings. The number of hydrogen-bond donors (Lipinski definition) is 1. The summed E-state index contributed by atoms with van der Waals surface area (Å²) in [6.45, 7) is 6.25. The first-order valence-corrected chi connectivity index (χ1v) is 8.63. The van der Waals surface area contributed by atoms with E-state index in [1.54, 1.807) is 0 Å². The topological polar surface area (TPSA) is 58.2 Å². The van der Waals surface area contributed by atoms with Crippen LogP contribution >= 0.6 is 0 Å². The maximum Gasteiger partial charge on any atom is 0.274 e. The molecule has 0 radical (unpaired) electrons. The summed E-state index contributed by atoms with van der Waals surface area (Å²) in [5, 5.41) is 7.11. The summed E-state index contributed by atoms with van der Waals surface area (Å²) in [4.78, 5) is 14.4. The SMILES string of the molecule is CC(C)c1cc(C(=O)N2CCC(OCc3ccccc3)CC2)n[nH]1. The van der Waals surface area contributed by atoms with Crippen molar-refractivity contribution in [2.75, 3.05) is 13.1 Å². The minimum Gasteiger partial charge on any atom is -0.373 e. The standard InChI is InChI=1S/C19H25N3O2/c1-14(2)17-12-18(21-20-17)19(23)22-10-8-16(9-11-22)24-13-15-6-4-3-5-7-15/h3-7,12,14,16H,8-11,13H2,1-2H3,(H,20,21). The van der Waals surface area contributed by atoms with Gasteiger partial charge in [-0.1, -0.05) is 44.2 Å². The third-order valence-corrected chi connectivity index (χ3v) is 4.50. The Labute approximate surface area is 143 Å². The molecule has 1 aromatic heterocycles. The van der Waals surface area contributed by atoms with E-state index in [2.05, 4.69) is 36.2 Å². The van der Waals surface area contributed by atoms with Crippen molar-refractivity contribution in [2.24, 2.45) is 0 Å². The van der Waals surface area contributed by atoms with E-state index in [9.17, 15) is 4.79 Å². The molecule has 2 aromatic rings. The number of nitrogens with zero attached hydrogens (tertiary/aromatic N) is 2. The summed E-state index contributed by atoms with van der Waals surface area (Å²) >= 11 is 0. The highest BCUT2D eigenvalue weighted by Crippen LogP contribution is 2.19. The van der Waals surface area contributed by atoms with Gasteiger partial charge < -0.3 is 9.64 Å². The number of aromatic nitrogens is 2. The monoisotopic (exact) mass is 327 g/mol. The van der Waals surface area contributed by atoms with Gasteiger partial charge in [0, 0.05) is 18.8 Å². The quantitative estimate of drug-likeness (QED) is 0.916. The third-order valence-electron chi connectivity index (χ3n) is 4.50. The Balaban J connectivity index is 1.48. The van der Waals surface area contributed by atoms with Crippen molar-refractivity contribution in [1.29, 1.82) is 0 Å². The first-order valence-electron chi connectivity index (χ1n) is 8.63. The van der Waals surface area contributed by atoms with Gasteiger partial charge in [0.15, 0.2) is 0 Å². The Morgan fingerprint density at radius 3 is 2.62 bits per heavy atom. The fourth-order valence-electron chi connectivity index (χ4n) is 2.92. The molecule has 0 spiro atoms. The molecule has 24 heavy (non-hydrogen) atoms. The first-order chi connectivity index (χ1) is 11.6. The van der Waals surface area contributed by atoms with Crippen LogP contribution in [0.2, 0.25) is 0 Å². The Morgan fingerprint density at radius 2 is 2.00 bits per heavy atom. The number of carbonyl (C=O) groups is 1. The number of benzene rings is 1. The summed E-state index contributed by atoms with van der Waals surface area (Å²) in [6, 6.07) is 12.1. The minimum absolute atomic E-state index is 0.0136. The molecular weight excluding hydrogens is 302 g/mol. The predicted octanol–water partition coefficient (Wildman–Crippen LogP) is 3.35. The number of amides is 1. The second-order valence-electron chi connectivity index (χ2n) is 6.65. The van der Waals surface area contributed by atoms with Crippen molar-refractivity contribution in [2.45, 2.75) is 45.3 Å². The number of hydrogen-bond acceptors (Lipinski definition) is 3. The molecule has 5 heteroatoms.